The van der Waals surface area contributed by atoms with Crippen LogP contribution in [0.2, 0.25) is 0 Å². The molecular formula is C6H3BrF3NO. The van der Waals surface area contributed by atoms with Crippen LogP contribution >= 0.6 is 15.9 Å². The number of rotatable bonds is 1. The van der Waals surface area contributed by atoms with Crippen LogP contribution in [0.25, 0.3) is 0 Å². The number of nitrogens with one attached hydrogen (secondary N) is 1. The number of pyridine rings is 1. The van der Waals surface area contributed by atoms with Crippen LogP contribution in [0, 0.1) is 5.82 Å². The SMILES string of the molecule is O=c1[nH]c(C(F)F)c(F)cc1Br. The van der Waals surface area contributed by atoms with Crippen molar-refractivity contribution in [3.8, 4) is 0 Å². The van der Waals surface area contributed by atoms with E-state index in [1.54, 1.807) is 4.98 Å². The van der Waals surface area contributed by atoms with E-state index in [0.717, 1.165) is 0 Å². The van der Waals surface area contributed by atoms with Crippen LogP contribution in [0.4, 0.5) is 13.2 Å². The monoisotopic (exact) mass is 241 g/mol. The van der Waals surface area contributed by atoms with Crippen LogP contribution in [-0.2, 0) is 0 Å². The van der Waals surface area contributed by atoms with Crippen LogP contribution in [0.3, 0.4) is 0 Å². The van der Waals surface area contributed by atoms with Gasteiger partial charge in [0.1, 0.15) is 11.5 Å². The van der Waals surface area contributed by atoms with Gasteiger partial charge in [0.25, 0.3) is 12.0 Å². The van der Waals surface area contributed by atoms with E-state index in [2.05, 4.69) is 15.9 Å². The van der Waals surface area contributed by atoms with E-state index in [0.29, 0.717) is 6.07 Å². The molecule has 0 radical (unpaired) electrons. The zero-order chi connectivity index (χ0) is 9.30. The maximum absolute atomic E-state index is 12.6. The van der Waals surface area contributed by atoms with E-state index < -0.39 is 23.5 Å². The van der Waals surface area contributed by atoms with Gasteiger partial charge >= 0.3 is 0 Å². The van der Waals surface area contributed by atoms with Crippen molar-refractivity contribution in [3.05, 3.63) is 32.4 Å². The Bertz CT molecular complexity index is 349. The molecule has 1 aromatic rings. The predicted molar refractivity (Wildman–Crippen MR) is 39.7 cm³/mol. The van der Waals surface area contributed by atoms with Crippen molar-refractivity contribution in [2.45, 2.75) is 6.43 Å². The minimum atomic E-state index is -3.01. The first-order chi connectivity index (χ1) is 5.52. The van der Waals surface area contributed by atoms with Gasteiger partial charge in [-0.1, -0.05) is 0 Å². The van der Waals surface area contributed by atoms with Gasteiger partial charge in [0.2, 0.25) is 0 Å². The van der Waals surface area contributed by atoms with E-state index in [-0.39, 0.29) is 4.47 Å². The topological polar surface area (TPSA) is 32.9 Å². The Kier molecular flexibility index (Phi) is 2.56. The minimum absolute atomic E-state index is 0.107. The van der Waals surface area contributed by atoms with E-state index >= 15 is 0 Å². The summed E-state index contributed by atoms with van der Waals surface area (Å²) in [6.45, 7) is 0. The van der Waals surface area contributed by atoms with Gasteiger partial charge in [0.15, 0.2) is 0 Å². The molecule has 0 saturated heterocycles. The van der Waals surface area contributed by atoms with Gasteiger partial charge < -0.3 is 4.98 Å². The summed E-state index contributed by atoms with van der Waals surface area (Å²) in [6, 6.07) is 0.709. The smallest absolute Gasteiger partial charge is 0.281 e. The molecule has 6 heteroatoms. The second-order valence-electron chi connectivity index (χ2n) is 2.01. The average Bonchev–Trinajstić information content (AvgIpc) is 1.96. The van der Waals surface area contributed by atoms with Crippen molar-refractivity contribution in [3.63, 3.8) is 0 Å². The number of hydrogen-bond acceptors (Lipinski definition) is 1. The predicted octanol–water partition coefficient (Wildman–Crippen LogP) is 2.21. The molecule has 1 aromatic heterocycles. The van der Waals surface area contributed by atoms with Gasteiger partial charge in [-0.05, 0) is 22.0 Å². The molecule has 2 nitrogen and oxygen atoms in total. The highest BCUT2D eigenvalue weighted by Crippen LogP contribution is 2.19. The summed E-state index contributed by atoms with van der Waals surface area (Å²) in [4.78, 5) is 12.4. The average molecular weight is 242 g/mol. The summed E-state index contributed by atoms with van der Waals surface area (Å²) in [5, 5.41) is 0. The Morgan fingerprint density at radius 2 is 2.08 bits per heavy atom. The van der Waals surface area contributed by atoms with E-state index in [4.69, 9.17) is 0 Å². The van der Waals surface area contributed by atoms with E-state index in [9.17, 15) is 18.0 Å². The van der Waals surface area contributed by atoms with Gasteiger partial charge in [0, 0.05) is 0 Å². The number of alkyl halides is 2. The maximum atomic E-state index is 12.6. The molecule has 0 spiro atoms. The fourth-order valence-corrected chi connectivity index (χ4v) is 0.955. The normalized spacial score (nSPS) is 10.8. The molecule has 0 saturated carbocycles. The first kappa shape index (κ1) is 9.31. The molecule has 0 fully saturated rings. The minimum Gasteiger partial charge on any atom is -0.318 e. The van der Waals surface area contributed by atoms with Crippen LogP contribution in [-0.4, -0.2) is 4.98 Å². The summed E-state index contributed by atoms with van der Waals surface area (Å²) < 4.78 is 36.3. The lowest BCUT2D eigenvalue weighted by Crippen LogP contribution is -2.11. The highest BCUT2D eigenvalue weighted by molar-refractivity contribution is 9.10. The highest BCUT2D eigenvalue weighted by Gasteiger charge is 2.15. The Labute approximate surface area is 73.5 Å². The van der Waals surface area contributed by atoms with E-state index in [1.807, 2.05) is 0 Å². The molecule has 66 valence electrons. The third-order valence-corrected chi connectivity index (χ3v) is 1.78. The number of aromatic nitrogens is 1. The molecule has 0 aliphatic carbocycles. The molecule has 0 unspecified atom stereocenters. The molecule has 0 aromatic carbocycles. The lowest BCUT2D eigenvalue weighted by atomic mass is 10.3. The van der Waals surface area contributed by atoms with Crippen LogP contribution in [0.15, 0.2) is 15.3 Å². The third kappa shape index (κ3) is 1.69. The molecule has 0 bridgehead atoms. The fourth-order valence-electron chi connectivity index (χ4n) is 0.655. The number of hydrogen-bond donors (Lipinski definition) is 1. The summed E-state index contributed by atoms with van der Waals surface area (Å²) in [5.41, 5.74) is -1.75. The number of halogens is 4. The van der Waals surface area contributed by atoms with Crippen molar-refractivity contribution in [1.29, 1.82) is 0 Å². The second-order valence-corrected chi connectivity index (χ2v) is 2.86. The lowest BCUT2D eigenvalue weighted by Gasteiger charge is -2.00. The molecule has 1 heterocycles. The lowest BCUT2D eigenvalue weighted by molar-refractivity contribution is 0.140. The Hall–Kier alpha value is -0.780. The Morgan fingerprint density at radius 1 is 1.50 bits per heavy atom. The summed E-state index contributed by atoms with van der Waals surface area (Å²) in [6.07, 6.45) is -3.01. The van der Waals surface area contributed by atoms with Crippen molar-refractivity contribution >= 4 is 15.9 Å². The molecule has 0 atom stereocenters. The van der Waals surface area contributed by atoms with Gasteiger partial charge in [-0.15, -0.1) is 0 Å². The van der Waals surface area contributed by atoms with Gasteiger partial charge in [-0.3, -0.25) is 4.79 Å². The van der Waals surface area contributed by atoms with Crippen LogP contribution in [0.1, 0.15) is 12.1 Å². The van der Waals surface area contributed by atoms with Crippen molar-refractivity contribution < 1.29 is 13.2 Å². The zero-order valence-electron chi connectivity index (χ0n) is 5.57. The first-order valence-electron chi connectivity index (χ1n) is 2.88. The van der Waals surface area contributed by atoms with Gasteiger partial charge in [0.05, 0.1) is 4.47 Å². The van der Waals surface area contributed by atoms with E-state index in [1.165, 1.54) is 0 Å². The summed E-state index contributed by atoms with van der Waals surface area (Å²) in [5.74, 6) is -1.13. The molecule has 0 aliphatic rings. The fraction of sp³-hybridized carbons (Fsp3) is 0.167. The van der Waals surface area contributed by atoms with Gasteiger partial charge in [-0.2, -0.15) is 0 Å². The number of H-pyrrole nitrogens is 1. The Morgan fingerprint density at radius 3 is 2.58 bits per heavy atom. The van der Waals surface area contributed by atoms with Crippen molar-refractivity contribution in [2.24, 2.45) is 0 Å². The van der Waals surface area contributed by atoms with Crippen molar-refractivity contribution in [1.82, 2.24) is 4.98 Å². The highest BCUT2D eigenvalue weighted by atomic mass is 79.9. The van der Waals surface area contributed by atoms with Gasteiger partial charge in [-0.25, -0.2) is 13.2 Å². The summed E-state index contributed by atoms with van der Waals surface area (Å²) >= 11 is 2.70. The zero-order valence-corrected chi connectivity index (χ0v) is 7.16. The molecule has 1 N–H and O–H groups in total. The molecule has 12 heavy (non-hydrogen) atoms. The quantitative estimate of drug-likeness (QED) is 0.804. The Balaban J connectivity index is 3.33. The van der Waals surface area contributed by atoms with Crippen LogP contribution in [0.5, 0.6) is 0 Å². The van der Waals surface area contributed by atoms with Crippen LogP contribution < -0.4 is 5.56 Å². The molecule has 1 rings (SSSR count). The molecule has 0 aliphatic heterocycles. The maximum Gasteiger partial charge on any atom is 0.281 e. The number of aromatic amines is 1. The van der Waals surface area contributed by atoms with Crippen molar-refractivity contribution in [2.75, 3.05) is 0 Å². The first-order valence-corrected chi connectivity index (χ1v) is 3.68. The molecular weight excluding hydrogens is 239 g/mol. The second kappa shape index (κ2) is 3.30. The standard InChI is InChI=1S/C6H3BrF3NO/c7-2-1-3(8)4(5(9)10)11-6(2)12/h1,5H,(H,11,12). The largest absolute Gasteiger partial charge is 0.318 e. The summed E-state index contributed by atoms with van der Waals surface area (Å²) in [7, 11) is 0. The molecule has 0 amide bonds. The third-order valence-electron chi connectivity index (χ3n) is 1.19.